The molecule has 1 aromatic carbocycles. The van der Waals surface area contributed by atoms with Crippen LogP contribution in [0.1, 0.15) is 45.4 Å². The van der Waals surface area contributed by atoms with Gasteiger partial charge in [0.25, 0.3) is 5.91 Å². The summed E-state index contributed by atoms with van der Waals surface area (Å²) in [5.74, 6) is 2.63. The van der Waals surface area contributed by atoms with Crippen LogP contribution in [0.3, 0.4) is 0 Å². The zero-order valence-corrected chi connectivity index (χ0v) is 19.3. The van der Waals surface area contributed by atoms with E-state index in [0.717, 1.165) is 29.6 Å². The minimum absolute atomic E-state index is 0. The molecule has 1 amide bonds. The lowest BCUT2D eigenvalue weighted by molar-refractivity contribution is -0.0000157. The molecule has 0 unspecified atom stereocenters. The maximum absolute atomic E-state index is 12.8. The number of aromatic nitrogens is 2. The summed E-state index contributed by atoms with van der Waals surface area (Å²) >= 11 is 7.71. The summed E-state index contributed by atoms with van der Waals surface area (Å²) < 4.78 is 0. The molecule has 158 valence electrons. The van der Waals surface area contributed by atoms with E-state index >= 15 is 0 Å². The van der Waals surface area contributed by atoms with E-state index in [1.54, 1.807) is 35.6 Å². The normalized spacial score (nSPS) is 16.6. The van der Waals surface area contributed by atoms with Crippen LogP contribution in [0.25, 0.3) is 10.2 Å². The predicted octanol–water partition coefficient (Wildman–Crippen LogP) is 1.81. The molecule has 0 N–H and O–H groups in total. The van der Waals surface area contributed by atoms with E-state index in [2.05, 4.69) is 18.7 Å². The highest BCUT2D eigenvalue weighted by molar-refractivity contribution is 7.18. The van der Waals surface area contributed by atoms with Crippen LogP contribution in [0.2, 0.25) is 5.02 Å². The molecule has 1 aliphatic carbocycles. The van der Waals surface area contributed by atoms with Crippen molar-refractivity contribution in [3.8, 4) is 0 Å². The van der Waals surface area contributed by atoms with Gasteiger partial charge in [0, 0.05) is 47.6 Å². The molecule has 0 spiro atoms. The Kier molecular flexibility index (Phi) is 5.93. The molecule has 2 aliphatic rings. The molecule has 8 heteroatoms. The second-order valence-corrected chi connectivity index (χ2v) is 9.57. The van der Waals surface area contributed by atoms with Crippen molar-refractivity contribution in [1.82, 2.24) is 14.9 Å². The number of fused-ring (bicyclic) bond motifs is 1. The fourth-order valence-corrected chi connectivity index (χ4v) is 5.05. The van der Waals surface area contributed by atoms with Crippen LogP contribution in [0.5, 0.6) is 0 Å². The number of thiophene rings is 1. The van der Waals surface area contributed by atoms with Crippen LogP contribution in [-0.4, -0.2) is 47.0 Å². The van der Waals surface area contributed by atoms with Gasteiger partial charge in [-0.05, 0) is 56.5 Å². The number of benzene rings is 1. The number of anilines is 1. The van der Waals surface area contributed by atoms with Gasteiger partial charge >= 0.3 is 0 Å². The lowest BCUT2D eigenvalue weighted by Gasteiger charge is -2.36. The molecule has 2 aromatic heterocycles. The molecule has 2 fully saturated rings. The van der Waals surface area contributed by atoms with E-state index in [9.17, 15) is 4.79 Å². The molecular formula is C22H23Cl2N4OS-. The number of amides is 1. The van der Waals surface area contributed by atoms with Crippen LogP contribution in [-0.2, 0) is 0 Å². The van der Waals surface area contributed by atoms with Gasteiger partial charge in [-0.15, -0.1) is 11.3 Å². The number of hydrogen-bond acceptors (Lipinski definition) is 5. The number of piperazine rings is 1. The largest absolute Gasteiger partial charge is 1.00 e. The van der Waals surface area contributed by atoms with Crippen molar-refractivity contribution in [3.63, 3.8) is 0 Å². The third-order valence-electron chi connectivity index (χ3n) is 5.93. The predicted molar refractivity (Wildman–Crippen MR) is 118 cm³/mol. The first-order chi connectivity index (χ1) is 14.0. The Morgan fingerprint density at radius 3 is 2.37 bits per heavy atom. The monoisotopic (exact) mass is 461 g/mol. The Morgan fingerprint density at radius 2 is 1.73 bits per heavy atom. The van der Waals surface area contributed by atoms with E-state index in [4.69, 9.17) is 21.6 Å². The van der Waals surface area contributed by atoms with Gasteiger partial charge < -0.3 is 22.2 Å². The SMILES string of the molecule is Cc1sc2nc(C3CC3)nc(N3CCN(C(=O)c4ccc(Cl)cc4)CC3)c2c1C.[Cl-]. The lowest BCUT2D eigenvalue weighted by Crippen LogP contribution is -3.00. The van der Waals surface area contributed by atoms with Crippen molar-refractivity contribution in [2.24, 2.45) is 0 Å². The number of rotatable bonds is 3. The minimum atomic E-state index is 0. The average Bonchev–Trinajstić information content (AvgIpc) is 3.54. The van der Waals surface area contributed by atoms with Crippen molar-refractivity contribution in [1.29, 1.82) is 0 Å². The molecular weight excluding hydrogens is 439 g/mol. The minimum Gasteiger partial charge on any atom is -1.00 e. The second-order valence-electron chi connectivity index (χ2n) is 7.93. The Balaban J connectivity index is 0.00000218. The van der Waals surface area contributed by atoms with E-state index < -0.39 is 0 Å². The molecule has 0 bridgehead atoms. The van der Waals surface area contributed by atoms with Crippen LogP contribution >= 0.6 is 22.9 Å². The summed E-state index contributed by atoms with van der Waals surface area (Å²) in [5, 5.41) is 1.83. The van der Waals surface area contributed by atoms with Crippen molar-refractivity contribution >= 4 is 44.9 Å². The number of carbonyl (C=O) groups is 1. The van der Waals surface area contributed by atoms with Gasteiger partial charge in [0.05, 0.1) is 5.39 Å². The van der Waals surface area contributed by atoms with Crippen LogP contribution in [0.15, 0.2) is 24.3 Å². The van der Waals surface area contributed by atoms with Crippen molar-refractivity contribution in [3.05, 3.63) is 51.1 Å². The first kappa shape index (κ1) is 21.3. The first-order valence-electron chi connectivity index (χ1n) is 10.1. The molecule has 0 atom stereocenters. The summed E-state index contributed by atoms with van der Waals surface area (Å²) in [6, 6.07) is 7.13. The maximum atomic E-state index is 12.8. The molecule has 1 aliphatic heterocycles. The van der Waals surface area contributed by atoms with Crippen molar-refractivity contribution < 1.29 is 17.2 Å². The second kappa shape index (κ2) is 8.33. The van der Waals surface area contributed by atoms with Crippen molar-refractivity contribution in [2.45, 2.75) is 32.6 Å². The number of carbonyl (C=O) groups excluding carboxylic acids is 1. The van der Waals surface area contributed by atoms with Gasteiger partial charge in [-0.2, -0.15) is 0 Å². The highest BCUT2D eigenvalue weighted by Gasteiger charge is 2.31. The molecule has 30 heavy (non-hydrogen) atoms. The molecule has 3 aromatic rings. The van der Waals surface area contributed by atoms with Gasteiger partial charge in [-0.3, -0.25) is 4.79 Å². The van der Waals surface area contributed by atoms with Crippen LogP contribution in [0, 0.1) is 13.8 Å². The Bertz CT molecular complexity index is 1090. The fraction of sp³-hybridized carbons (Fsp3) is 0.409. The Labute approximate surface area is 191 Å². The molecule has 3 heterocycles. The highest BCUT2D eigenvalue weighted by atomic mass is 35.5. The molecule has 5 rings (SSSR count). The van der Waals surface area contributed by atoms with Gasteiger partial charge in [-0.25, -0.2) is 9.97 Å². The number of nitrogens with zero attached hydrogens (tertiary/aromatic N) is 4. The summed E-state index contributed by atoms with van der Waals surface area (Å²) in [6.07, 6.45) is 2.38. The zero-order valence-electron chi connectivity index (χ0n) is 17.0. The maximum Gasteiger partial charge on any atom is 0.253 e. The van der Waals surface area contributed by atoms with Crippen LogP contribution < -0.4 is 17.3 Å². The van der Waals surface area contributed by atoms with Crippen molar-refractivity contribution in [2.75, 3.05) is 31.1 Å². The summed E-state index contributed by atoms with van der Waals surface area (Å²) in [4.78, 5) is 29.4. The first-order valence-corrected chi connectivity index (χ1v) is 11.3. The molecule has 0 radical (unpaired) electrons. The number of hydrogen-bond donors (Lipinski definition) is 0. The van der Waals surface area contributed by atoms with Gasteiger partial charge in [0.15, 0.2) is 0 Å². The number of aryl methyl sites for hydroxylation is 2. The smallest absolute Gasteiger partial charge is 0.253 e. The topological polar surface area (TPSA) is 49.3 Å². The summed E-state index contributed by atoms with van der Waals surface area (Å²) in [7, 11) is 0. The lowest BCUT2D eigenvalue weighted by atomic mass is 10.1. The number of halogens is 2. The van der Waals surface area contributed by atoms with Gasteiger partial charge in [-0.1, -0.05) is 11.6 Å². The molecule has 5 nitrogen and oxygen atoms in total. The van der Waals surface area contributed by atoms with Gasteiger partial charge in [0.2, 0.25) is 0 Å². The summed E-state index contributed by atoms with van der Waals surface area (Å²) in [5.41, 5.74) is 1.97. The molecule has 1 saturated carbocycles. The quantitative estimate of drug-likeness (QED) is 0.596. The third kappa shape index (κ3) is 3.88. The fourth-order valence-electron chi connectivity index (χ4n) is 3.89. The third-order valence-corrected chi connectivity index (χ3v) is 7.28. The average molecular weight is 462 g/mol. The van der Waals surface area contributed by atoms with Crippen LogP contribution in [0.4, 0.5) is 5.82 Å². The van der Waals surface area contributed by atoms with E-state index in [1.807, 2.05) is 4.90 Å². The molecule has 1 saturated heterocycles. The zero-order chi connectivity index (χ0) is 20.1. The highest BCUT2D eigenvalue weighted by Crippen LogP contribution is 2.42. The standard InChI is InChI=1S/C22H23ClN4OS.ClH/c1-13-14(2)29-21-18(13)20(24-19(25-21)15-3-4-15)26-9-11-27(12-10-26)22(28)16-5-7-17(23)8-6-16;/h5-8,15H,3-4,9-12H2,1-2H3;1H/p-1. The van der Waals surface area contributed by atoms with Gasteiger partial charge in [0.1, 0.15) is 16.5 Å². The van der Waals surface area contributed by atoms with E-state index in [-0.39, 0.29) is 18.3 Å². The van der Waals surface area contributed by atoms with E-state index in [1.165, 1.54) is 28.7 Å². The Morgan fingerprint density at radius 1 is 1.07 bits per heavy atom. The van der Waals surface area contributed by atoms with E-state index in [0.29, 0.717) is 29.6 Å². The Hall–Kier alpha value is -1.89. The summed E-state index contributed by atoms with van der Waals surface area (Å²) in [6.45, 7) is 7.26.